The molecule has 0 spiro atoms. The van der Waals surface area contributed by atoms with Gasteiger partial charge in [-0.05, 0) is 24.3 Å². The molecule has 40 heavy (non-hydrogen) atoms. The summed E-state index contributed by atoms with van der Waals surface area (Å²) in [4.78, 5) is 15.5. The molecule has 5 rings (SSSR count). The van der Waals surface area contributed by atoms with E-state index in [1.54, 1.807) is 29.6 Å². The number of aromatic nitrogens is 4. The second-order valence-electron chi connectivity index (χ2n) is 8.84. The Morgan fingerprint density at radius 2 is 1.98 bits per heavy atom. The summed E-state index contributed by atoms with van der Waals surface area (Å²) in [5.74, 6) is -1.48. The summed E-state index contributed by atoms with van der Waals surface area (Å²) in [6.07, 6.45) is -6.62. The molecular formula is C26H22ClF3N4O5S. The highest BCUT2D eigenvalue weighted by Crippen LogP contribution is 2.47. The van der Waals surface area contributed by atoms with Crippen molar-refractivity contribution < 1.29 is 37.3 Å². The standard InChI is InChI=1S/C26H22ClF3N4O5S/c1-37-18-5-3-4-15(23(18)38-2)22-16-10-13(27)6-8-17(16)34-24(32-33-25(34)26(28,29)30)19(39-22)11-20-31-14(12-40-20)7-9-21(35)36/h3-6,8,10,12,19,22H,7,9,11H2,1-2H3,(H,35,36)/t19-,22?/m0/s1. The Bertz CT molecular complexity index is 1560. The third kappa shape index (κ3) is 5.36. The van der Waals surface area contributed by atoms with Gasteiger partial charge in [-0.15, -0.1) is 21.5 Å². The van der Waals surface area contributed by atoms with E-state index in [2.05, 4.69) is 15.2 Å². The predicted octanol–water partition coefficient (Wildman–Crippen LogP) is 5.83. The number of ether oxygens (including phenoxy) is 3. The number of fused-ring (bicyclic) bond motifs is 3. The van der Waals surface area contributed by atoms with Gasteiger partial charge in [-0.1, -0.05) is 23.7 Å². The van der Waals surface area contributed by atoms with Crippen LogP contribution >= 0.6 is 22.9 Å². The van der Waals surface area contributed by atoms with Gasteiger partial charge in [-0.2, -0.15) is 13.2 Å². The lowest BCUT2D eigenvalue weighted by atomic mass is 9.98. The summed E-state index contributed by atoms with van der Waals surface area (Å²) in [5.41, 5.74) is 1.56. The van der Waals surface area contributed by atoms with E-state index in [9.17, 15) is 18.0 Å². The van der Waals surface area contributed by atoms with E-state index in [1.807, 2.05) is 0 Å². The number of halogens is 4. The molecule has 0 aliphatic carbocycles. The average Bonchev–Trinajstić information content (AvgIpc) is 3.54. The highest BCUT2D eigenvalue weighted by Gasteiger charge is 2.43. The molecule has 2 aromatic carbocycles. The van der Waals surface area contributed by atoms with Crippen molar-refractivity contribution in [1.82, 2.24) is 19.7 Å². The minimum atomic E-state index is -4.81. The lowest BCUT2D eigenvalue weighted by molar-refractivity contribution is -0.146. The van der Waals surface area contributed by atoms with Gasteiger partial charge in [0, 0.05) is 34.4 Å². The molecule has 0 fully saturated rings. The first-order valence-electron chi connectivity index (χ1n) is 11.9. The van der Waals surface area contributed by atoms with E-state index in [1.165, 1.54) is 37.7 Å². The Kier molecular flexibility index (Phi) is 7.71. The second kappa shape index (κ2) is 11.1. The fourth-order valence-corrected chi connectivity index (χ4v) is 5.65. The zero-order chi connectivity index (χ0) is 28.6. The van der Waals surface area contributed by atoms with Crippen LogP contribution in [0, 0.1) is 0 Å². The van der Waals surface area contributed by atoms with Crippen LogP contribution in [0.4, 0.5) is 13.2 Å². The highest BCUT2D eigenvalue weighted by molar-refractivity contribution is 7.09. The first-order valence-corrected chi connectivity index (χ1v) is 13.2. The molecule has 3 heterocycles. The first kappa shape index (κ1) is 27.9. The number of aryl methyl sites for hydroxylation is 1. The third-order valence-electron chi connectivity index (χ3n) is 6.31. The molecule has 0 amide bonds. The zero-order valence-electron chi connectivity index (χ0n) is 21.1. The smallest absolute Gasteiger partial charge is 0.452 e. The maximum absolute atomic E-state index is 14.2. The zero-order valence-corrected chi connectivity index (χ0v) is 22.7. The Labute approximate surface area is 235 Å². The first-order chi connectivity index (χ1) is 19.1. The van der Waals surface area contributed by atoms with E-state index < -0.39 is 30.2 Å². The number of alkyl halides is 3. The quantitative estimate of drug-likeness (QED) is 0.271. The normalized spacial score (nSPS) is 16.6. The summed E-state index contributed by atoms with van der Waals surface area (Å²) in [5, 5.41) is 19.0. The molecule has 1 unspecified atom stereocenters. The number of para-hydroxylation sites is 1. The maximum atomic E-state index is 14.2. The molecule has 1 N–H and O–H groups in total. The summed E-state index contributed by atoms with van der Waals surface area (Å²) in [6.45, 7) is 0. The number of benzene rings is 2. The molecule has 0 saturated heterocycles. The van der Waals surface area contributed by atoms with Crippen LogP contribution in [-0.4, -0.2) is 45.0 Å². The molecule has 1 aliphatic rings. The van der Waals surface area contributed by atoms with E-state index in [0.29, 0.717) is 38.4 Å². The van der Waals surface area contributed by atoms with Crippen LogP contribution in [0.25, 0.3) is 5.69 Å². The van der Waals surface area contributed by atoms with Crippen molar-refractivity contribution in [3.63, 3.8) is 0 Å². The van der Waals surface area contributed by atoms with Gasteiger partial charge in [0.05, 0.1) is 37.0 Å². The summed E-state index contributed by atoms with van der Waals surface area (Å²) in [7, 11) is 2.93. The third-order valence-corrected chi connectivity index (χ3v) is 7.47. The van der Waals surface area contributed by atoms with Gasteiger partial charge in [0.1, 0.15) is 12.2 Å². The second-order valence-corrected chi connectivity index (χ2v) is 10.2. The monoisotopic (exact) mass is 594 g/mol. The Balaban J connectivity index is 1.68. The maximum Gasteiger partial charge on any atom is 0.452 e. The van der Waals surface area contributed by atoms with Crippen LogP contribution in [0.15, 0.2) is 41.8 Å². The Morgan fingerprint density at radius 1 is 1.18 bits per heavy atom. The van der Waals surface area contributed by atoms with Crippen LogP contribution in [0.2, 0.25) is 5.02 Å². The summed E-state index contributed by atoms with van der Waals surface area (Å²) >= 11 is 7.60. The van der Waals surface area contributed by atoms with Gasteiger partial charge in [-0.25, -0.2) is 4.98 Å². The molecule has 14 heteroatoms. The number of hydrogen-bond donors (Lipinski definition) is 1. The number of thiazole rings is 1. The lowest BCUT2D eigenvalue weighted by Gasteiger charge is -2.24. The van der Waals surface area contributed by atoms with Crippen molar-refractivity contribution in [2.24, 2.45) is 0 Å². The van der Waals surface area contributed by atoms with Crippen molar-refractivity contribution in [2.75, 3.05) is 14.2 Å². The number of rotatable bonds is 8. The van der Waals surface area contributed by atoms with Crippen molar-refractivity contribution >= 4 is 28.9 Å². The highest BCUT2D eigenvalue weighted by atomic mass is 35.5. The minimum Gasteiger partial charge on any atom is -0.493 e. The average molecular weight is 595 g/mol. The fraction of sp³-hybridized carbons (Fsp3) is 0.308. The number of nitrogens with zero attached hydrogens (tertiary/aromatic N) is 4. The summed E-state index contributed by atoms with van der Waals surface area (Å²) in [6, 6.07) is 9.65. The molecule has 210 valence electrons. The van der Waals surface area contributed by atoms with E-state index in [4.69, 9.17) is 30.9 Å². The van der Waals surface area contributed by atoms with Gasteiger partial charge in [0.25, 0.3) is 0 Å². The molecule has 0 bridgehead atoms. The van der Waals surface area contributed by atoms with Gasteiger partial charge in [0.15, 0.2) is 17.3 Å². The van der Waals surface area contributed by atoms with Crippen molar-refractivity contribution in [3.8, 4) is 17.2 Å². The molecule has 4 aromatic rings. The SMILES string of the molecule is COc1cccc(C2O[C@@H](Cc3nc(CCC(=O)O)cs3)c3nnc(C(F)(F)F)n3-c3ccc(Cl)cc32)c1OC. The van der Waals surface area contributed by atoms with Crippen LogP contribution in [0.5, 0.6) is 11.5 Å². The van der Waals surface area contributed by atoms with Gasteiger partial charge < -0.3 is 19.3 Å². The van der Waals surface area contributed by atoms with Crippen molar-refractivity contribution in [3.05, 3.63) is 80.3 Å². The van der Waals surface area contributed by atoms with Crippen molar-refractivity contribution in [2.45, 2.75) is 37.6 Å². The number of aliphatic carboxylic acids is 1. The number of carboxylic acids is 1. The molecule has 0 radical (unpaired) electrons. The van der Waals surface area contributed by atoms with Crippen LogP contribution < -0.4 is 9.47 Å². The molecule has 2 atom stereocenters. The van der Waals surface area contributed by atoms with E-state index in [0.717, 1.165) is 4.57 Å². The number of carbonyl (C=O) groups is 1. The largest absolute Gasteiger partial charge is 0.493 e. The number of carboxylic acid groups (broad SMARTS) is 1. The molecule has 0 saturated carbocycles. The van der Waals surface area contributed by atoms with E-state index >= 15 is 0 Å². The van der Waals surface area contributed by atoms with Crippen LogP contribution in [0.3, 0.4) is 0 Å². The Morgan fingerprint density at radius 3 is 2.67 bits per heavy atom. The Hall–Kier alpha value is -3.68. The minimum absolute atomic E-state index is 0.0538. The lowest BCUT2D eigenvalue weighted by Crippen LogP contribution is -2.17. The molecule has 9 nitrogen and oxygen atoms in total. The number of hydrogen-bond acceptors (Lipinski definition) is 8. The van der Waals surface area contributed by atoms with Gasteiger partial charge >= 0.3 is 12.1 Å². The molecule has 2 aromatic heterocycles. The molecular weight excluding hydrogens is 573 g/mol. The topological polar surface area (TPSA) is 109 Å². The number of methoxy groups -OCH3 is 2. The van der Waals surface area contributed by atoms with E-state index in [-0.39, 0.29) is 30.8 Å². The fourth-order valence-electron chi connectivity index (χ4n) is 4.61. The van der Waals surface area contributed by atoms with Crippen LogP contribution in [0.1, 0.15) is 52.1 Å². The van der Waals surface area contributed by atoms with Gasteiger partial charge in [0.2, 0.25) is 5.82 Å². The summed E-state index contributed by atoms with van der Waals surface area (Å²) < 4.78 is 61.1. The van der Waals surface area contributed by atoms with Crippen molar-refractivity contribution in [1.29, 1.82) is 0 Å². The van der Waals surface area contributed by atoms with Gasteiger partial charge in [-0.3, -0.25) is 9.36 Å². The van der Waals surface area contributed by atoms with Crippen LogP contribution in [-0.2, 0) is 28.5 Å². The predicted molar refractivity (Wildman–Crippen MR) is 138 cm³/mol. The molecule has 1 aliphatic heterocycles.